The highest BCUT2D eigenvalue weighted by Crippen LogP contribution is 2.14. The SMILES string of the molecule is Cc1ccc(C(O)CNC(=O)C(=O)NC(C)C)o1. The maximum atomic E-state index is 11.4. The molecule has 2 amide bonds. The van der Waals surface area contributed by atoms with Crippen LogP contribution < -0.4 is 10.6 Å². The van der Waals surface area contributed by atoms with E-state index < -0.39 is 17.9 Å². The van der Waals surface area contributed by atoms with Gasteiger partial charge in [0.15, 0.2) is 0 Å². The molecule has 0 aromatic carbocycles. The second kappa shape index (κ2) is 6.20. The van der Waals surface area contributed by atoms with Crippen LogP contribution in [0.25, 0.3) is 0 Å². The first kappa shape index (κ1) is 14.2. The Bertz CT molecular complexity index is 425. The molecule has 1 heterocycles. The Hall–Kier alpha value is -1.82. The molecule has 6 heteroatoms. The van der Waals surface area contributed by atoms with Crippen LogP contribution >= 0.6 is 0 Å². The first-order valence-electron chi connectivity index (χ1n) is 5.73. The highest BCUT2D eigenvalue weighted by Gasteiger charge is 2.17. The largest absolute Gasteiger partial charge is 0.464 e. The van der Waals surface area contributed by atoms with E-state index in [1.54, 1.807) is 32.9 Å². The van der Waals surface area contributed by atoms with Gasteiger partial charge in [-0.1, -0.05) is 0 Å². The first-order chi connectivity index (χ1) is 8.40. The molecule has 1 aromatic heterocycles. The topological polar surface area (TPSA) is 91.6 Å². The number of nitrogens with one attached hydrogen (secondary N) is 2. The Kier molecular flexibility index (Phi) is 4.91. The van der Waals surface area contributed by atoms with E-state index in [4.69, 9.17) is 4.42 Å². The molecule has 0 radical (unpaired) electrons. The summed E-state index contributed by atoms with van der Waals surface area (Å²) < 4.78 is 5.20. The van der Waals surface area contributed by atoms with Crippen LogP contribution in [0.15, 0.2) is 16.5 Å². The summed E-state index contributed by atoms with van der Waals surface area (Å²) in [6, 6.07) is 3.23. The van der Waals surface area contributed by atoms with Gasteiger partial charge in [-0.25, -0.2) is 0 Å². The molecule has 100 valence electrons. The van der Waals surface area contributed by atoms with Gasteiger partial charge >= 0.3 is 11.8 Å². The lowest BCUT2D eigenvalue weighted by Crippen LogP contribution is -2.43. The lowest BCUT2D eigenvalue weighted by molar-refractivity contribution is -0.139. The van der Waals surface area contributed by atoms with Crippen molar-refractivity contribution >= 4 is 11.8 Å². The number of hydrogen-bond donors (Lipinski definition) is 3. The number of furan rings is 1. The van der Waals surface area contributed by atoms with E-state index in [2.05, 4.69) is 10.6 Å². The Balaban J connectivity index is 2.41. The van der Waals surface area contributed by atoms with Crippen molar-refractivity contribution in [3.8, 4) is 0 Å². The number of amides is 2. The molecule has 0 bridgehead atoms. The fraction of sp³-hybridized carbons (Fsp3) is 0.500. The molecule has 0 fully saturated rings. The van der Waals surface area contributed by atoms with Gasteiger partial charge in [0.1, 0.15) is 17.6 Å². The maximum absolute atomic E-state index is 11.4. The van der Waals surface area contributed by atoms with Crippen molar-refractivity contribution in [3.05, 3.63) is 23.7 Å². The summed E-state index contributed by atoms with van der Waals surface area (Å²) in [4.78, 5) is 22.6. The number of aliphatic hydroxyl groups is 1. The predicted octanol–water partition coefficient (Wildman–Crippen LogP) is 0.262. The standard InChI is InChI=1S/C12H18N2O4/c1-7(2)14-12(17)11(16)13-6-9(15)10-5-4-8(3)18-10/h4-5,7,9,15H,6H2,1-3H3,(H,13,16)(H,14,17). The second-order valence-corrected chi connectivity index (χ2v) is 4.30. The Morgan fingerprint density at radius 1 is 1.33 bits per heavy atom. The monoisotopic (exact) mass is 254 g/mol. The molecular formula is C12H18N2O4. The van der Waals surface area contributed by atoms with Gasteiger partial charge in [-0.3, -0.25) is 9.59 Å². The highest BCUT2D eigenvalue weighted by molar-refractivity contribution is 6.35. The molecule has 0 saturated carbocycles. The summed E-state index contributed by atoms with van der Waals surface area (Å²) in [5.74, 6) is -0.455. The molecule has 0 saturated heterocycles. The van der Waals surface area contributed by atoms with E-state index in [0.717, 1.165) is 0 Å². The van der Waals surface area contributed by atoms with E-state index in [1.807, 2.05) is 0 Å². The molecule has 0 spiro atoms. The molecule has 3 N–H and O–H groups in total. The number of carbonyl (C=O) groups excluding carboxylic acids is 2. The van der Waals surface area contributed by atoms with Gasteiger partial charge in [0.2, 0.25) is 0 Å². The summed E-state index contributed by atoms with van der Waals surface area (Å²) in [6.45, 7) is 5.19. The van der Waals surface area contributed by atoms with E-state index in [-0.39, 0.29) is 12.6 Å². The zero-order chi connectivity index (χ0) is 13.7. The normalized spacial score (nSPS) is 12.3. The van der Waals surface area contributed by atoms with Gasteiger partial charge in [-0.2, -0.15) is 0 Å². The Labute approximate surface area is 105 Å². The molecule has 1 atom stereocenters. The van der Waals surface area contributed by atoms with E-state index in [9.17, 15) is 14.7 Å². The van der Waals surface area contributed by atoms with Crippen LogP contribution in [0.5, 0.6) is 0 Å². The smallest absolute Gasteiger partial charge is 0.309 e. The maximum Gasteiger partial charge on any atom is 0.309 e. The molecule has 6 nitrogen and oxygen atoms in total. The highest BCUT2D eigenvalue weighted by atomic mass is 16.4. The third-order valence-electron chi connectivity index (χ3n) is 2.17. The van der Waals surface area contributed by atoms with E-state index in [1.165, 1.54) is 0 Å². The van der Waals surface area contributed by atoms with Crippen LogP contribution in [0.2, 0.25) is 0 Å². The van der Waals surface area contributed by atoms with E-state index in [0.29, 0.717) is 11.5 Å². The molecule has 0 aliphatic heterocycles. The molecule has 1 rings (SSSR count). The number of rotatable bonds is 4. The minimum absolute atomic E-state index is 0.0721. The molecule has 0 aliphatic rings. The van der Waals surface area contributed by atoms with Gasteiger partial charge in [-0.15, -0.1) is 0 Å². The average Bonchev–Trinajstić information content (AvgIpc) is 2.71. The average molecular weight is 254 g/mol. The second-order valence-electron chi connectivity index (χ2n) is 4.30. The third kappa shape index (κ3) is 4.21. The Morgan fingerprint density at radius 2 is 2.00 bits per heavy atom. The number of hydrogen-bond acceptors (Lipinski definition) is 4. The summed E-state index contributed by atoms with van der Waals surface area (Å²) in [5, 5.41) is 14.5. The van der Waals surface area contributed by atoms with Crippen LogP contribution in [0.4, 0.5) is 0 Å². The molecular weight excluding hydrogens is 236 g/mol. The van der Waals surface area contributed by atoms with Crippen molar-refractivity contribution in [1.82, 2.24) is 10.6 Å². The van der Waals surface area contributed by atoms with Crippen molar-refractivity contribution in [1.29, 1.82) is 0 Å². The van der Waals surface area contributed by atoms with Crippen molar-refractivity contribution < 1.29 is 19.1 Å². The van der Waals surface area contributed by atoms with Gasteiger partial charge in [0.25, 0.3) is 0 Å². The predicted molar refractivity (Wildman–Crippen MR) is 64.7 cm³/mol. The zero-order valence-electron chi connectivity index (χ0n) is 10.7. The summed E-state index contributed by atoms with van der Waals surface area (Å²) in [6.07, 6.45) is -0.963. The van der Waals surface area contributed by atoms with Gasteiger partial charge < -0.3 is 20.2 Å². The number of aliphatic hydroxyl groups excluding tert-OH is 1. The molecule has 1 unspecified atom stereocenters. The third-order valence-corrected chi connectivity index (χ3v) is 2.17. The van der Waals surface area contributed by atoms with Crippen LogP contribution in [-0.2, 0) is 9.59 Å². The van der Waals surface area contributed by atoms with Gasteiger partial charge in [0.05, 0.1) is 6.54 Å². The zero-order valence-corrected chi connectivity index (χ0v) is 10.7. The summed E-state index contributed by atoms with van der Waals surface area (Å²) in [5.41, 5.74) is 0. The number of aryl methyl sites for hydroxylation is 1. The molecule has 1 aromatic rings. The minimum Gasteiger partial charge on any atom is -0.464 e. The quantitative estimate of drug-likeness (QED) is 0.672. The van der Waals surface area contributed by atoms with Crippen molar-refractivity contribution in [2.45, 2.75) is 32.9 Å². The van der Waals surface area contributed by atoms with Crippen LogP contribution in [0.3, 0.4) is 0 Å². The van der Waals surface area contributed by atoms with Gasteiger partial charge in [-0.05, 0) is 32.9 Å². The number of carbonyl (C=O) groups is 2. The van der Waals surface area contributed by atoms with Gasteiger partial charge in [0, 0.05) is 6.04 Å². The first-order valence-corrected chi connectivity index (χ1v) is 5.73. The van der Waals surface area contributed by atoms with Crippen molar-refractivity contribution in [2.75, 3.05) is 6.54 Å². The van der Waals surface area contributed by atoms with Crippen LogP contribution in [0, 0.1) is 6.92 Å². The lowest BCUT2D eigenvalue weighted by Gasteiger charge is -2.11. The fourth-order valence-corrected chi connectivity index (χ4v) is 1.33. The van der Waals surface area contributed by atoms with Crippen molar-refractivity contribution in [2.24, 2.45) is 0 Å². The summed E-state index contributed by atoms with van der Waals surface area (Å²) in [7, 11) is 0. The molecule has 18 heavy (non-hydrogen) atoms. The lowest BCUT2D eigenvalue weighted by atomic mass is 10.2. The fourth-order valence-electron chi connectivity index (χ4n) is 1.33. The summed E-state index contributed by atoms with van der Waals surface area (Å²) >= 11 is 0. The van der Waals surface area contributed by atoms with Crippen molar-refractivity contribution in [3.63, 3.8) is 0 Å². The molecule has 0 aliphatic carbocycles. The Morgan fingerprint density at radius 3 is 2.50 bits per heavy atom. The van der Waals surface area contributed by atoms with Crippen LogP contribution in [-0.4, -0.2) is 29.5 Å². The van der Waals surface area contributed by atoms with E-state index >= 15 is 0 Å². The minimum atomic E-state index is -0.963. The van der Waals surface area contributed by atoms with Crippen LogP contribution in [0.1, 0.15) is 31.5 Å².